The van der Waals surface area contributed by atoms with E-state index in [1.54, 1.807) is 30.0 Å². The Morgan fingerprint density at radius 1 is 1.24 bits per heavy atom. The first-order valence-electron chi connectivity index (χ1n) is 10.3. The molecule has 0 saturated carbocycles. The summed E-state index contributed by atoms with van der Waals surface area (Å²) in [7, 11) is 0. The summed E-state index contributed by atoms with van der Waals surface area (Å²) in [6.45, 7) is 1.74. The van der Waals surface area contributed by atoms with Crippen LogP contribution in [0.5, 0.6) is 0 Å². The maximum Gasteiger partial charge on any atom is 0.337 e. The Balaban J connectivity index is 1.77. The van der Waals surface area contributed by atoms with E-state index in [2.05, 4.69) is 15.3 Å². The molecule has 1 aromatic heterocycles. The first-order chi connectivity index (χ1) is 15.7. The molecule has 2 heterocycles. The highest BCUT2D eigenvalue weighted by Gasteiger charge is 2.35. The zero-order valence-corrected chi connectivity index (χ0v) is 17.6. The number of carbonyl (C=O) groups is 1. The van der Waals surface area contributed by atoms with E-state index < -0.39 is 23.8 Å². The fraction of sp³-hybridized carbons (Fsp3) is 0.304. The first-order valence-corrected chi connectivity index (χ1v) is 10.3. The molecule has 2 aromatic carbocycles. The Kier molecular flexibility index (Phi) is 5.80. The van der Waals surface area contributed by atoms with Gasteiger partial charge in [-0.25, -0.2) is 27.9 Å². The summed E-state index contributed by atoms with van der Waals surface area (Å²) in [5.41, 5.74) is 1.17. The highest BCUT2D eigenvalue weighted by Crippen LogP contribution is 2.33. The van der Waals surface area contributed by atoms with Crippen LogP contribution < -0.4 is 10.2 Å². The SMILES string of the molecule is CC(Nc1ccccc1C(=O)O)c1cc(F)cc2nc(C#N)c(N3CCC(F)(F)CC3)nc12. The maximum atomic E-state index is 14.4. The summed E-state index contributed by atoms with van der Waals surface area (Å²) in [5, 5.41) is 22.0. The summed E-state index contributed by atoms with van der Waals surface area (Å²) in [6.07, 6.45) is -0.727. The van der Waals surface area contributed by atoms with Crippen LogP contribution in [0, 0.1) is 17.1 Å². The van der Waals surface area contributed by atoms with Gasteiger partial charge < -0.3 is 15.3 Å². The van der Waals surface area contributed by atoms with Gasteiger partial charge in [-0.15, -0.1) is 0 Å². The molecule has 1 atom stereocenters. The average molecular weight is 455 g/mol. The molecule has 3 aromatic rings. The number of aromatic nitrogens is 2. The van der Waals surface area contributed by atoms with Gasteiger partial charge in [0.2, 0.25) is 0 Å². The number of benzene rings is 2. The van der Waals surface area contributed by atoms with Crippen molar-refractivity contribution in [1.82, 2.24) is 9.97 Å². The van der Waals surface area contributed by atoms with Gasteiger partial charge in [0.15, 0.2) is 11.5 Å². The van der Waals surface area contributed by atoms with Crippen LogP contribution in [0.15, 0.2) is 36.4 Å². The molecule has 0 radical (unpaired) electrons. The van der Waals surface area contributed by atoms with Crippen molar-refractivity contribution < 1.29 is 23.1 Å². The quantitative estimate of drug-likeness (QED) is 0.573. The number of aromatic carboxylic acids is 1. The second kappa shape index (κ2) is 8.58. The lowest BCUT2D eigenvalue weighted by Crippen LogP contribution is -2.40. The molecule has 1 fully saturated rings. The van der Waals surface area contributed by atoms with Gasteiger partial charge in [0.25, 0.3) is 5.92 Å². The predicted octanol–water partition coefficient (Wildman–Crippen LogP) is 4.75. The third-order valence-corrected chi connectivity index (χ3v) is 5.64. The molecule has 0 aliphatic carbocycles. The van der Waals surface area contributed by atoms with Gasteiger partial charge in [-0.2, -0.15) is 5.26 Å². The van der Waals surface area contributed by atoms with E-state index in [0.717, 1.165) is 6.07 Å². The van der Waals surface area contributed by atoms with E-state index in [-0.39, 0.29) is 48.5 Å². The molecule has 170 valence electrons. The number of nitrogens with one attached hydrogen (secondary N) is 1. The Bertz CT molecular complexity index is 1260. The number of anilines is 2. The van der Waals surface area contributed by atoms with Gasteiger partial charge in [-0.3, -0.25) is 0 Å². The predicted molar refractivity (Wildman–Crippen MR) is 116 cm³/mol. The van der Waals surface area contributed by atoms with Crippen molar-refractivity contribution in [2.24, 2.45) is 0 Å². The minimum absolute atomic E-state index is 0.0121. The summed E-state index contributed by atoms with van der Waals surface area (Å²) < 4.78 is 41.7. The molecule has 33 heavy (non-hydrogen) atoms. The first kappa shape index (κ1) is 22.3. The number of para-hydroxylation sites is 1. The lowest BCUT2D eigenvalue weighted by atomic mass is 10.0. The number of hydrogen-bond acceptors (Lipinski definition) is 6. The molecule has 0 bridgehead atoms. The minimum atomic E-state index is -2.77. The van der Waals surface area contributed by atoms with Crippen LogP contribution in [0.2, 0.25) is 0 Å². The molecule has 7 nitrogen and oxygen atoms in total. The second-order valence-corrected chi connectivity index (χ2v) is 7.93. The number of hydrogen-bond donors (Lipinski definition) is 2. The number of fused-ring (bicyclic) bond motifs is 1. The number of nitrogens with zero attached hydrogens (tertiary/aromatic N) is 4. The molecule has 1 aliphatic heterocycles. The summed E-state index contributed by atoms with van der Waals surface area (Å²) in [6, 6.07) is 10.1. The standard InChI is InChI=1S/C23H20F3N5O2/c1-13(28-17-5-3-2-4-15(17)22(32)33)16-10-14(24)11-18-20(16)30-21(19(12-27)29-18)31-8-6-23(25,26)7-9-31/h2-5,10-11,13,28H,6-9H2,1H3,(H,32,33). The van der Waals surface area contributed by atoms with E-state index >= 15 is 0 Å². The van der Waals surface area contributed by atoms with Gasteiger partial charge in [-0.05, 0) is 25.1 Å². The number of carboxylic acids is 1. The third kappa shape index (κ3) is 4.53. The van der Waals surface area contributed by atoms with Crippen molar-refractivity contribution in [2.75, 3.05) is 23.3 Å². The van der Waals surface area contributed by atoms with Crippen LogP contribution in [-0.4, -0.2) is 40.1 Å². The summed E-state index contributed by atoms with van der Waals surface area (Å²) >= 11 is 0. The lowest BCUT2D eigenvalue weighted by Gasteiger charge is -2.32. The largest absolute Gasteiger partial charge is 0.478 e. The number of rotatable bonds is 5. The molecular weight excluding hydrogens is 435 g/mol. The van der Waals surface area contributed by atoms with Crippen molar-refractivity contribution in [3.05, 3.63) is 59.0 Å². The molecule has 2 N–H and O–H groups in total. The monoisotopic (exact) mass is 455 g/mol. The normalized spacial score (nSPS) is 16.3. The fourth-order valence-electron chi connectivity index (χ4n) is 3.92. The summed E-state index contributed by atoms with van der Waals surface area (Å²) in [4.78, 5) is 21.9. The van der Waals surface area contributed by atoms with Crippen molar-refractivity contribution in [3.63, 3.8) is 0 Å². The van der Waals surface area contributed by atoms with Crippen molar-refractivity contribution in [1.29, 1.82) is 5.26 Å². The molecular formula is C23H20F3N5O2. The minimum Gasteiger partial charge on any atom is -0.478 e. The van der Waals surface area contributed by atoms with E-state index in [9.17, 15) is 28.3 Å². The molecule has 1 aliphatic rings. The van der Waals surface area contributed by atoms with Crippen LogP contribution in [0.1, 0.15) is 47.4 Å². The number of carboxylic acid groups (broad SMARTS) is 1. The number of alkyl halides is 2. The Morgan fingerprint density at radius 3 is 2.61 bits per heavy atom. The average Bonchev–Trinajstić information content (AvgIpc) is 2.78. The van der Waals surface area contributed by atoms with Gasteiger partial charge in [0, 0.05) is 43.2 Å². The van der Waals surface area contributed by atoms with Gasteiger partial charge >= 0.3 is 5.97 Å². The van der Waals surface area contributed by atoms with Crippen molar-refractivity contribution in [2.45, 2.75) is 31.7 Å². The van der Waals surface area contributed by atoms with Crippen LogP contribution >= 0.6 is 0 Å². The zero-order valence-electron chi connectivity index (χ0n) is 17.6. The van der Waals surface area contributed by atoms with E-state index in [0.29, 0.717) is 16.8 Å². The molecule has 1 saturated heterocycles. The lowest BCUT2D eigenvalue weighted by molar-refractivity contribution is -0.0221. The van der Waals surface area contributed by atoms with E-state index in [1.807, 2.05) is 6.07 Å². The zero-order chi connectivity index (χ0) is 23.8. The fourth-order valence-corrected chi connectivity index (χ4v) is 3.92. The van der Waals surface area contributed by atoms with Crippen LogP contribution in [0.3, 0.4) is 0 Å². The van der Waals surface area contributed by atoms with E-state index in [1.165, 1.54) is 12.1 Å². The molecule has 0 spiro atoms. The van der Waals surface area contributed by atoms with E-state index in [4.69, 9.17) is 0 Å². The second-order valence-electron chi connectivity index (χ2n) is 7.93. The van der Waals surface area contributed by atoms with Crippen molar-refractivity contribution >= 4 is 28.5 Å². The van der Waals surface area contributed by atoms with Crippen LogP contribution in [-0.2, 0) is 0 Å². The highest BCUT2D eigenvalue weighted by molar-refractivity contribution is 5.94. The molecule has 1 unspecified atom stereocenters. The number of nitriles is 1. The topological polar surface area (TPSA) is 102 Å². The Labute approximate surface area is 187 Å². The number of piperidine rings is 1. The smallest absolute Gasteiger partial charge is 0.337 e. The Morgan fingerprint density at radius 2 is 1.94 bits per heavy atom. The highest BCUT2D eigenvalue weighted by atomic mass is 19.3. The molecule has 10 heteroatoms. The van der Waals surface area contributed by atoms with Crippen molar-refractivity contribution in [3.8, 4) is 6.07 Å². The number of halogens is 3. The molecule has 0 amide bonds. The van der Waals surface area contributed by atoms with Gasteiger partial charge in [0.1, 0.15) is 11.9 Å². The summed E-state index contributed by atoms with van der Waals surface area (Å²) in [5.74, 6) is -4.30. The van der Waals surface area contributed by atoms with Gasteiger partial charge in [0.05, 0.1) is 22.6 Å². The van der Waals surface area contributed by atoms with Gasteiger partial charge in [-0.1, -0.05) is 12.1 Å². The third-order valence-electron chi connectivity index (χ3n) is 5.64. The maximum absolute atomic E-state index is 14.4. The van der Waals surface area contributed by atoms with Crippen LogP contribution in [0.25, 0.3) is 11.0 Å². The van der Waals surface area contributed by atoms with Crippen LogP contribution in [0.4, 0.5) is 24.7 Å². The Hall–Kier alpha value is -3.87. The molecule has 4 rings (SSSR count).